The highest BCUT2D eigenvalue weighted by molar-refractivity contribution is 7.92. The number of rotatable bonds is 12. The van der Waals surface area contributed by atoms with Crippen molar-refractivity contribution in [3.63, 3.8) is 0 Å². The molecule has 3 aromatic carbocycles. The molecule has 1 N–H and O–H groups in total. The van der Waals surface area contributed by atoms with Crippen LogP contribution in [0.2, 0.25) is 5.02 Å². The maximum atomic E-state index is 14.1. The zero-order valence-corrected chi connectivity index (χ0v) is 25.0. The summed E-state index contributed by atoms with van der Waals surface area (Å²) in [5.41, 5.74) is 1.78. The van der Waals surface area contributed by atoms with E-state index in [9.17, 15) is 18.0 Å². The molecule has 0 fully saturated rings. The highest BCUT2D eigenvalue weighted by Gasteiger charge is 2.34. The fourth-order valence-corrected chi connectivity index (χ4v) is 5.82. The van der Waals surface area contributed by atoms with Crippen molar-refractivity contribution in [1.82, 2.24) is 10.2 Å². The molecule has 0 radical (unpaired) electrons. The molecule has 3 rings (SSSR count). The Labute approximate surface area is 241 Å². The lowest BCUT2D eigenvalue weighted by atomic mass is 10.1. The number of nitrogens with zero attached hydrogens (tertiary/aromatic N) is 2. The molecular formula is C30H36ClN3O5S. The Morgan fingerprint density at radius 1 is 1.00 bits per heavy atom. The fraction of sp³-hybridized carbons (Fsp3) is 0.333. The van der Waals surface area contributed by atoms with Gasteiger partial charge in [-0.15, -0.1) is 0 Å². The van der Waals surface area contributed by atoms with Crippen LogP contribution >= 0.6 is 11.6 Å². The first-order chi connectivity index (χ1) is 19.0. The van der Waals surface area contributed by atoms with Crippen LogP contribution in [0.1, 0.15) is 38.3 Å². The number of ether oxygens (including phenoxy) is 1. The molecule has 0 aliphatic rings. The summed E-state index contributed by atoms with van der Waals surface area (Å²) in [7, 11) is -2.59. The van der Waals surface area contributed by atoms with Crippen molar-refractivity contribution in [3.05, 3.63) is 88.9 Å². The van der Waals surface area contributed by atoms with Crippen molar-refractivity contribution in [2.24, 2.45) is 0 Å². The molecule has 0 heterocycles. The van der Waals surface area contributed by atoms with E-state index in [4.69, 9.17) is 16.3 Å². The molecule has 10 heteroatoms. The van der Waals surface area contributed by atoms with Gasteiger partial charge in [-0.1, -0.05) is 54.9 Å². The summed E-state index contributed by atoms with van der Waals surface area (Å²) in [5, 5.41) is 3.26. The molecule has 0 aliphatic heterocycles. The van der Waals surface area contributed by atoms with Crippen molar-refractivity contribution < 1.29 is 22.7 Å². The molecule has 40 heavy (non-hydrogen) atoms. The molecule has 1 atom stereocenters. The van der Waals surface area contributed by atoms with Crippen molar-refractivity contribution in [2.45, 2.75) is 57.6 Å². The molecule has 0 saturated carbocycles. The van der Waals surface area contributed by atoms with Crippen LogP contribution in [0, 0.1) is 6.92 Å². The number of hydrogen-bond acceptors (Lipinski definition) is 5. The second kappa shape index (κ2) is 13.7. The van der Waals surface area contributed by atoms with Crippen molar-refractivity contribution in [1.29, 1.82) is 0 Å². The van der Waals surface area contributed by atoms with E-state index in [0.29, 0.717) is 17.2 Å². The number of aryl methyl sites for hydroxylation is 1. The second-order valence-corrected chi connectivity index (χ2v) is 12.0. The number of sulfonamides is 1. The lowest BCUT2D eigenvalue weighted by molar-refractivity contribution is -0.140. The van der Waals surface area contributed by atoms with Gasteiger partial charge >= 0.3 is 0 Å². The van der Waals surface area contributed by atoms with E-state index in [-0.39, 0.29) is 29.1 Å². The van der Waals surface area contributed by atoms with Crippen LogP contribution in [-0.2, 0) is 26.2 Å². The number of halogens is 1. The lowest BCUT2D eigenvalue weighted by Gasteiger charge is -2.33. The van der Waals surface area contributed by atoms with Crippen molar-refractivity contribution in [3.8, 4) is 5.75 Å². The Morgan fingerprint density at radius 2 is 1.65 bits per heavy atom. The normalized spacial score (nSPS) is 12.1. The number of carbonyl (C=O) groups excluding carboxylic acids is 2. The largest absolute Gasteiger partial charge is 0.497 e. The number of anilines is 1. The predicted octanol–water partition coefficient (Wildman–Crippen LogP) is 5.18. The van der Waals surface area contributed by atoms with Gasteiger partial charge in [0, 0.05) is 17.6 Å². The Hall–Kier alpha value is -3.56. The van der Waals surface area contributed by atoms with E-state index in [1.807, 2.05) is 39.8 Å². The number of carbonyl (C=O) groups is 2. The number of nitrogens with one attached hydrogen (secondary N) is 1. The monoisotopic (exact) mass is 585 g/mol. The van der Waals surface area contributed by atoms with E-state index in [2.05, 4.69) is 5.32 Å². The molecule has 1 unspecified atom stereocenters. The lowest BCUT2D eigenvalue weighted by Crippen LogP contribution is -2.53. The highest BCUT2D eigenvalue weighted by Crippen LogP contribution is 2.29. The zero-order valence-electron chi connectivity index (χ0n) is 23.4. The summed E-state index contributed by atoms with van der Waals surface area (Å²) in [5.74, 6) is -0.185. The number of benzene rings is 3. The number of amides is 2. The molecule has 0 saturated heterocycles. The Morgan fingerprint density at radius 3 is 2.20 bits per heavy atom. The SMILES string of the molecule is CCC(C(=O)NC(C)C)N(Cc1ccc(OC)cc1)C(=O)CN(c1ccc(C)c(Cl)c1)S(=O)(=O)c1ccccc1. The van der Waals surface area contributed by atoms with E-state index < -0.39 is 28.5 Å². The van der Waals surface area contributed by atoms with Gasteiger partial charge in [0.05, 0.1) is 17.7 Å². The van der Waals surface area contributed by atoms with Gasteiger partial charge in [0.1, 0.15) is 18.3 Å². The van der Waals surface area contributed by atoms with Crippen LogP contribution in [0.3, 0.4) is 0 Å². The van der Waals surface area contributed by atoms with Crippen LogP contribution in [0.15, 0.2) is 77.7 Å². The van der Waals surface area contributed by atoms with Gasteiger partial charge in [-0.05, 0) is 74.7 Å². The Bertz CT molecular complexity index is 1410. The molecule has 0 aromatic heterocycles. The van der Waals surface area contributed by atoms with Gasteiger partial charge in [-0.2, -0.15) is 0 Å². The summed E-state index contributed by atoms with van der Waals surface area (Å²) in [6.45, 7) is 6.88. The first-order valence-electron chi connectivity index (χ1n) is 13.0. The van der Waals surface area contributed by atoms with Gasteiger partial charge in [0.25, 0.3) is 10.0 Å². The first kappa shape index (κ1) is 31.0. The zero-order chi connectivity index (χ0) is 29.4. The van der Waals surface area contributed by atoms with Gasteiger partial charge in [-0.3, -0.25) is 13.9 Å². The summed E-state index contributed by atoms with van der Waals surface area (Å²) >= 11 is 6.37. The minimum Gasteiger partial charge on any atom is -0.497 e. The molecular weight excluding hydrogens is 550 g/mol. The maximum absolute atomic E-state index is 14.1. The molecule has 2 amide bonds. The van der Waals surface area contributed by atoms with E-state index in [0.717, 1.165) is 15.4 Å². The van der Waals surface area contributed by atoms with Gasteiger partial charge in [0.2, 0.25) is 11.8 Å². The second-order valence-electron chi connectivity index (χ2n) is 9.72. The predicted molar refractivity (Wildman–Crippen MR) is 158 cm³/mol. The first-order valence-corrected chi connectivity index (χ1v) is 14.9. The minimum atomic E-state index is -4.16. The number of hydrogen-bond donors (Lipinski definition) is 1. The van der Waals surface area contributed by atoms with Crippen LogP contribution in [0.4, 0.5) is 5.69 Å². The quantitative estimate of drug-likeness (QED) is 0.316. The summed E-state index contributed by atoms with van der Waals surface area (Å²) in [4.78, 5) is 28.7. The van der Waals surface area contributed by atoms with E-state index in [1.165, 1.54) is 23.1 Å². The third-order valence-corrected chi connectivity index (χ3v) is 8.58. The van der Waals surface area contributed by atoms with Crippen LogP contribution in [0.25, 0.3) is 0 Å². The van der Waals surface area contributed by atoms with Crippen LogP contribution in [0.5, 0.6) is 5.75 Å². The molecule has 0 bridgehead atoms. The van der Waals surface area contributed by atoms with Crippen molar-refractivity contribution in [2.75, 3.05) is 18.0 Å². The van der Waals surface area contributed by atoms with Gasteiger partial charge in [-0.25, -0.2) is 8.42 Å². The third-order valence-electron chi connectivity index (χ3n) is 6.38. The van der Waals surface area contributed by atoms with Crippen LogP contribution in [-0.4, -0.2) is 50.9 Å². The fourth-order valence-electron chi connectivity index (χ4n) is 4.21. The summed E-state index contributed by atoms with van der Waals surface area (Å²) in [6.07, 6.45) is 0.336. The molecule has 3 aromatic rings. The maximum Gasteiger partial charge on any atom is 0.264 e. The van der Waals surface area contributed by atoms with Crippen LogP contribution < -0.4 is 14.4 Å². The summed E-state index contributed by atoms with van der Waals surface area (Å²) in [6, 6.07) is 19.0. The molecule has 214 valence electrons. The smallest absolute Gasteiger partial charge is 0.264 e. The minimum absolute atomic E-state index is 0.0331. The molecule has 8 nitrogen and oxygen atoms in total. The Balaban J connectivity index is 2.07. The molecule has 0 spiro atoms. The van der Waals surface area contributed by atoms with Crippen molar-refractivity contribution >= 4 is 39.1 Å². The van der Waals surface area contributed by atoms with Gasteiger partial charge in [0.15, 0.2) is 0 Å². The standard InChI is InChI=1S/C30H36ClN3O5S/c1-6-28(30(36)32-21(2)3)33(19-23-13-16-25(39-5)17-14-23)29(35)20-34(24-15-12-22(4)27(31)18-24)40(37,38)26-10-8-7-9-11-26/h7-18,21,28H,6,19-20H2,1-5H3,(H,32,36). The molecule has 0 aliphatic carbocycles. The Kier molecular flexibility index (Phi) is 10.6. The third kappa shape index (κ3) is 7.55. The summed E-state index contributed by atoms with van der Waals surface area (Å²) < 4.78 is 34.0. The average Bonchev–Trinajstić information content (AvgIpc) is 2.93. The van der Waals surface area contributed by atoms with Gasteiger partial charge < -0.3 is 15.0 Å². The van der Waals surface area contributed by atoms with E-state index >= 15 is 0 Å². The average molecular weight is 586 g/mol. The van der Waals surface area contributed by atoms with E-state index in [1.54, 1.807) is 49.6 Å². The highest BCUT2D eigenvalue weighted by atomic mass is 35.5. The topological polar surface area (TPSA) is 96.0 Å². The number of methoxy groups -OCH3 is 1.